The van der Waals surface area contributed by atoms with Crippen LogP contribution in [-0.2, 0) is 9.53 Å². The lowest BCUT2D eigenvalue weighted by Gasteiger charge is -2.33. The van der Waals surface area contributed by atoms with Gasteiger partial charge in [0.15, 0.2) is 0 Å². The van der Waals surface area contributed by atoms with Gasteiger partial charge in [-0.05, 0) is 53.4 Å². The van der Waals surface area contributed by atoms with Crippen LogP contribution in [0.2, 0.25) is 0 Å². The topological polar surface area (TPSA) is 46.6 Å². The van der Waals surface area contributed by atoms with Gasteiger partial charge in [-0.25, -0.2) is 9.18 Å². The molecule has 108 valence electrons. The maximum atomic E-state index is 13.5. The van der Waals surface area contributed by atoms with Crippen LogP contribution in [0.1, 0.15) is 29.6 Å². The first-order chi connectivity index (χ1) is 9.54. The zero-order chi connectivity index (χ0) is 14.7. The summed E-state index contributed by atoms with van der Waals surface area (Å²) < 4.78 is 18.6. The molecule has 20 heavy (non-hydrogen) atoms. The lowest BCUT2D eigenvalue weighted by Crippen LogP contribution is -2.48. The van der Waals surface area contributed by atoms with Crippen molar-refractivity contribution in [3.8, 4) is 0 Å². The molecule has 2 rings (SSSR count). The number of ether oxygens (including phenoxy) is 1. The van der Waals surface area contributed by atoms with Crippen molar-refractivity contribution in [1.82, 2.24) is 4.90 Å². The Balaban J connectivity index is 2.25. The van der Waals surface area contributed by atoms with Crippen molar-refractivity contribution >= 4 is 27.8 Å². The minimum atomic E-state index is -0.576. The second-order valence-corrected chi connectivity index (χ2v) is 5.52. The molecule has 6 heteroatoms. The van der Waals surface area contributed by atoms with Crippen LogP contribution in [0.3, 0.4) is 0 Å². The summed E-state index contributed by atoms with van der Waals surface area (Å²) in [7, 11) is 1.30. The highest BCUT2D eigenvalue weighted by molar-refractivity contribution is 9.10. The fourth-order valence-corrected chi connectivity index (χ4v) is 2.60. The molecule has 0 aliphatic carbocycles. The molecule has 0 unspecified atom stereocenters. The van der Waals surface area contributed by atoms with Crippen LogP contribution in [0, 0.1) is 5.82 Å². The molecule has 0 bridgehead atoms. The molecule has 0 spiro atoms. The van der Waals surface area contributed by atoms with E-state index < -0.39 is 17.8 Å². The predicted molar refractivity (Wildman–Crippen MR) is 74.8 cm³/mol. The lowest BCUT2D eigenvalue weighted by atomic mass is 10.0. The summed E-state index contributed by atoms with van der Waals surface area (Å²) >= 11 is 3.05. The molecule has 1 saturated heterocycles. The summed E-state index contributed by atoms with van der Waals surface area (Å²) in [5, 5.41) is 0. The smallest absolute Gasteiger partial charge is 0.328 e. The van der Waals surface area contributed by atoms with Crippen LogP contribution in [0.4, 0.5) is 4.39 Å². The Morgan fingerprint density at radius 3 is 2.80 bits per heavy atom. The number of benzene rings is 1. The fraction of sp³-hybridized carbons (Fsp3) is 0.429. The second-order valence-electron chi connectivity index (χ2n) is 4.66. The van der Waals surface area contributed by atoms with Crippen molar-refractivity contribution in [3.63, 3.8) is 0 Å². The Morgan fingerprint density at radius 1 is 1.40 bits per heavy atom. The van der Waals surface area contributed by atoms with Crippen molar-refractivity contribution in [2.75, 3.05) is 13.7 Å². The standard InChI is InChI=1S/C14H15BrFNO3/c1-20-14(19)12-4-2-3-7-17(12)13(18)9-5-6-10(15)11(16)8-9/h5-6,8,12H,2-4,7H2,1H3/t12-/m1/s1. The average molecular weight is 344 g/mol. The number of piperidine rings is 1. The Bertz CT molecular complexity index is 535. The van der Waals surface area contributed by atoms with Crippen LogP contribution in [0.5, 0.6) is 0 Å². The predicted octanol–water partition coefficient (Wildman–Crippen LogP) is 2.76. The maximum absolute atomic E-state index is 13.5. The van der Waals surface area contributed by atoms with Gasteiger partial charge >= 0.3 is 5.97 Å². The Hall–Kier alpha value is -1.43. The number of esters is 1. The third-order valence-electron chi connectivity index (χ3n) is 3.40. The molecular formula is C14H15BrFNO3. The number of nitrogens with zero attached hydrogens (tertiary/aromatic N) is 1. The average Bonchev–Trinajstić information content (AvgIpc) is 2.48. The first kappa shape index (κ1) is 15.0. The van der Waals surface area contributed by atoms with Gasteiger partial charge < -0.3 is 9.64 Å². The van der Waals surface area contributed by atoms with Gasteiger partial charge in [-0.3, -0.25) is 4.79 Å². The second kappa shape index (κ2) is 6.35. The molecule has 1 amide bonds. The van der Waals surface area contributed by atoms with E-state index in [0.29, 0.717) is 17.4 Å². The van der Waals surface area contributed by atoms with Crippen molar-refractivity contribution in [2.45, 2.75) is 25.3 Å². The number of carbonyl (C=O) groups is 2. The molecule has 0 radical (unpaired) electrons. The molecule has 1 atom stereocenters. The molecular weight excluding hydrogens is 329 g/mol. The SMILES string of the molecule is COC(=O)[C@H]1CCCCN1C(=O)c1ccc(Br)c(F)c1. The summed E-state index contributed by atoms with van der Waals surface area (Å²) in [5.74, 6) is -1.26. The van der Waals surface area contributed by atoms with E-state index in [2.05, 4.69) is 15.9 Å². The first-order valence-electron chi connectivity index (χ1n) is 6.38. The molecule has 0 aromatic heterocycles. The summed E-state index contributed by atoms with van der Waals surface area (Å²) in [6.07, 6.45) is 2.29. The number of likely N-dealkylation sites (tertiary alicyclic amines) is 1. The Kier molecular flexibility index (Phi) is 4.75. The molecule has 1 aromatic carbocycles. The first-order valence-corrected chi connectivity index (χ1v) is 7.17. The third-order valence-corrected chi connectivity index (χ3v) is 4.05. The number of rotatable bonds is 2. The van der Waals surface area contributed by atoms with Crippen molar-refractivity contribution in [3.05, 3.63) is 34.1 Å². The lowest BCUT2D eigenvalue weighted by molar-refractivity contribution is -0.147. The molecule has 1 heterocycles. The van der Waals surface area contributed by atoms with Gasteiger partial charge in [0.25, 0.3) is 5.91 Å². The van der Waals surface area contributed by atoms with Crippen molar-refractivity contribution in [2.24, 2.45) is 0 Å². The van der Waals surface area contributed by atoms with E-state index in [-0.39, 0.29) is 11.5 Å². The molecule has 1 aromatic rings. The van der Waals surface area contributed by atoms with Gasteiger partial charge in [0, 0.05) is 12.1 Å². The zero-order valence-corrected chi connectivity index (χ0v) is 12.7. The van der Waals surface area contributed by atoms with Gasteiger partial charge in [0.2, 0.25) is 0 Å². The van der Waals surface area contributed by atoms with Crippen molar-refractivity contribution in [1.29, 1.82) is 0 Å². The van der Waals surface area contributed by atoms with Gasteiger partial charge in [0.05, 0.1) is 11.6 Å². The maximum Gasteiger partial charge on any atom is 0.328 e. The quantitative estimate of drug-likeness (QED) is 0.775. The number of methoxy groups -OCH3 is 1. The van der Waals surface area contributed by atoms with Crippen LogP contribution in [-0.4, -0.2) is 36.5 Å². The van der Waals surface area contributed by atoms with E-state index in [9.17, 15) is 14.0 Å². The van der Waals surface area contributed by atoms with E-state index in [0.717, 1.165) is 12.8 Å². The van der Waals surface area contributed by atoms with Gasteiger partial charge in [-0.2, -0.15) is 0 Å². The number of carbonyl (C=O) groups excluding carboxylic acids is 2. The summed E-state index contributed by atoms with van der Waals surface area (Å²) in [4.78, 5) is 25.6. The van der Waals surface area contributed by atoms with Gasteiger partial charge in [0.1, 0.15) is 11.9 Å². The Morgan fingerprint density at radius 2 is 2.15 bits per heavy atom. The fourth-order valence-electron chi connectivity index (χ4n) is 2.35. The van der Waals surface area contributed by atoms with E-state index >= 15 is 0 Å². The molecule has 0 N–H and O–H groups in total. The number of hydrogen-bond donors (Lipinski definition) is 0. The van der Waals surface area contributed by atoms with E-state index in [1.807, 2.05) is 0 Å². The minimum Gasteiger partial charge on any atom is -0.467 e. The van der Waals surface area contributed by atoms with Crippen molar-refractivity contribution < 1.29 is 18.7 Å². The van der Waals surface area contributed by atoms with Crippen LogP contribution < -0.4 is 0 Å². The normalized spacial score (nSPS) is 18.8. The molecule has 1 aliphatic rings. The minimum absolute atomic E-state index is 0.238. The van der Waals surface area contributed by atoms with Crippen LogP contribution in [0.15, 0.2) is 22.7 Å². The highest BCUT2D eigenvalue weighted by atomic mass is 79.9. The van der Waals surface area contributed by atoms with Gasteiger partial charge in [-0.1, -0.05) is 0 Å². The van der Waals surface area contributed by atoms with E-state index in [4.69, 9.17) is 4.74 Å². The largest absolute Gasteiger partial charge is 0.467 e. The van der Waals surface area contributed by atoms with E-state index in [1.54, 1.807) is 6.07 Å². The summed E-state index contributed by atoms with van der Waals surface area (Å²) in [5.41, 5.74) is 0.238. The van der Waals surface area contributed by atoms with Gasteiger partial charge in [-0.15, -0.1) is 0 Å². The number of halogens is 2. The molecule has 4 nitrogen and oxygen atoms in total. The summed E-state index contributed by atoms with van der Waals surface area (Å²) in [6.45, 7) is 0.482. The van der Waals surface area contributed by atoms with E-state index in [1.165, 1.54) is 24.1 Å². The number of hydrogen-bond acceptors (Lipinski definition) is 3. The monoisotopic (exact) mass is 343 g/mol. The third kappa shape index (κ3) is 3.00. The van der Waals surface area contributed by atoms with Crippen LogP contribution >= 0.6 is 15.9 Å². The molecule has 0 saturated carbocycles. The summed E-state index contributed by atoms with van der Waals surface area (Å²) in [6, 6.07) is 3.63. The molecule has 1 aliphatic heterocycles. The molecule has 1 fully saturated rings. The zero-order valence-electron chi connectivity index (χ0n) is 11.1. The highest BCUT2D eigenvalue weighted by Gasteiger charge is 2.33. The Labute approximate surface area is 125 Å². The number of amides is 1. The highest BCUT2D eigenvalue weighted by Crippen LogP contribution is 2.23. The van der Waals surface area contributed by atoms with Crippen LogP contribution in [0.25, 0.3) is 0 Å².